The van der Waals surface area contributed by atoms with Crippen LogP contribution in [0.4, 0.5) is 0 Å². The molecular formula is C13H21ClN2. The summed E-state index contributed by atoms with van der Waals surface area (Å²) in [5.41, 5.74) is 6.75. The molecule has 1 unspecified atom stereocenters. The summed E-state index contributed by atoms with van der Waals surface area (Å²) in [6.45, 7) is 4.05. The molecule has 1 aromatic rings. The average molecular weight is 241 g/mol. The molecule has 16 heavy (non-hydrogen) atoms. The van der Waals surface area contributed by atoms with Gasteiger partial charge in [0.15, 0.2) is 0 Å². The first-order valence-electron chi connectivity index (χ1n) is 5.81. The maximum atomic E-state index is 5.99. The van der Waals surface area contributed by atoms with E-state index in [9.17, 15) is 0 Å². The van der Waals surface area contributed by atoms with E-state index in [-0.39, 0.29) is 0 Å². The van der Waals surface area contributed by atoms with E-state index in [1.807, 2.05) is 18.2 Å². The fraction of sp³-hybridized carbons (Fsp3) is 0.538. The molecule has 90 valence electrons. The van der Waals surface area contributed by atoms with Gasteiger partial charge in [0.1, 0.15) is 0 Å². The number of nitrogens with zero attached hydrogens (tertiary/aromatic N) is 1. The van der Waals surface area contributed by atoms with Crippen molar-refractivity contribution in [3.05, 3.63) is 34.9 Å². The first kappa shape index (κ1) is 13.5. The molecule has 0 aliphatic carbocycles. The molecule has 0 amide bonds. The molecule has 0 saturated heterocycles. The second-order valence-electron chi connectivity index (χ2n) is 4.21. The minimum Gasteiger partial charge on any atom is -0.330 e. The molecule has 2 N–H and O–H groups in total. The van der Waals surface area contributed by atoms with E-state index >= 15 is 0 Å². The van der Waals surface area contributed by atoms with Gasteiger partial charge in [0, 0.05) is 11.1 Å². The van der Waals surface area contributed by atoms with Gasteiger partial charge in [-0.25, -0.2) is 0 Å². The third-order valence-corrected chi connectivity index (χ3v) is 3.19. The lowest BCUT2D eigenvalue weighted by Gasteiger charge is -2.25. The Labute approximate surface area is 103 Å². The highest BCUT2D eigenvalue weighted by molar-refractivity contribution is 6.30. The first-order chi connectivity index (χ1) is 7.65. The lowest BCUT2D eigenvalue weighted by atomic mass is 10.1. The highest BCUT2D eigenvalue weighted by atomic mass is 35.5. The lowest BCUT2D eigenvalue weighted by molar-refractivity contribution is 0.257. The summed E-state index contributed by atoms with van der Waals surface area (Å²) in [7, 11) is 2.14. The van der Waals surface area contributed by atoms with Crippen LogP contribution in [0.3, 0.4) is 0 Å². The number of rotatable bonds is 6. The molecule has 2 nitrogen and oxygen atoms in total. The standard InChI is InChI=1S/C13H21ClN2/c1-11(16(2)9-4-3-8-15)12-6-5-7-13(14)10-12/h5-7,10-11H,3-4,8-9,15H2,1-2H3. The third kappa shape index (κ3) is 4.12. The number of hydrogen-bond donors (Lipinski definition) is 1. The van der Waals surface area contributed by atoms with Gasteiger partial charge < -0.3 is 5.73 Å². The van der Waals surface area contributed by atoms with Gasteiger partial charge in [-0.15, -0.1) is 0 Å². The van der Waals surface area contributed by atoms with Crippen molar-refractivity contribution in [2.45, 2.75) is 25.8 Å². The molecule has 0 bridgehead atoms. The summed E-state index contributed by atoms with van der Waals surface area (Å²) in [6.07, 6.45) is 2.24. The molecule has 0 heterocycles. The van der Waals surface area contributed by atoms with Crippen LogP contribution in [0.5, 0.6) is 0 Å². The molecule has 1 atom stereocenters. The predicted octanol–water partition coefficient (Wildman–Crippen LogP) is 3.07. The number of halogens is 1. The Hall–Kier alpha value is -0.570. The minimum absolute atomic E-state index is 0.400. The third-order valence-electron chi connectivity index (χ3n) is 2.96. The highest BCUT2D eigenvalue weighted by Gasteiger charge is 2.10. The molecule has 1 aromatic carbocycles. The van der Waals surface area contributed by atoms with Crippen LogP contribution in [0.1, 0.15) is 31.4 Å². The van der Waals surface area contributed by atoms with Gasteiger partial charge in [0.25, 0.3) is 0 Å². The molecule has 0 radical (unpaired) electrons. The SMILES string of the molecule is CC(c1cccc(Cl)c1)N(C)CCCCN. The largest absolute Gasteiger partial charge is 0.330 e. The van der Waals surface area contributed by atoms with E-state index in [2.05, 4.69) is 24.9 Å². The molecule has 0 aliphatic heterocycles. The van der Waals surface area contributed by atoms with Crippen molar-refractivity contribution in [2.24, 2.45) is 5.73 Å². The molecular weight excluding hydrogens is 220 g/mol. The summed E-state index contributed by atoms with van der Waals surface area (Å²) >= 11 is 5.99. The smallest absolute Gasteiger partial charge is 0.0409 e. The van der Waals surface area contributed by atoms with Crippen LogP contribution in [0, 0.1) is 0 Å². The summed E-state index contributed by atoms with van der Waals surface area (Å²) in [5, 5.41) is 0.805. The van der Waals surface area contributed by atoms with Crippen molar-refractivity contribution in [3.8, 4) is 0 Å². The van der Waals surface area contributed by atoms with Gasteiger partial charge in [-0.3, -0.25) is 4.90 Å². The van der Waals surface area contributed by atoms with Crippen LogP contribution >= 0.6 is 11.6 Å². The molecule has 3 heteroatoms. The number of nitrogens with two attached hydrogens (primary N) is 1. The summed E-state index contributed by atoms with van der Waals surface area (Å²) < 4.78 is 0. The van der Waals surface area contributed by atoms with Crippen LogP contribution in [-0.4, -0.2) is 25.0 Å². The second-order valence-corrected chi connectivity index (χ2v) is 4.64. The Morgan fingerprint density at radius 2 is 2.12 bits per heavy atom. The Morgan fingerprint density at radius 3 is 2.75 bits per heavy atom. The molecule has 0 saturated carbocycles. The van der Waals surface area contributed by atoms with Crippen LogP contribution in [0.2, 0.25) is 5.02 Å². The fourth-order valence-electron chi connectivity index (χ4n) is 1.72. The van der Waals surface area contributed by atoms with E-state index in [1.165, 1.54) is 5.56 Å². The van der Waals surface area contributed by atoms with E-state index in [4.69, 9.17) is 17.3 Å². The van der Waals surface area contributed by atoms with Gasteiger partial charge in [-0.2, -0.15) is 0 Å². The van der Waals surface area contributed by atoms with Crippen LogP contribution in [-0.2, 0) is 0 Å². The monoisotopic (exact) mass is 240 g/mol. The zero-order chi connectivity index (χ0) is 12.0. The molecule has 0 spiro atoms. The second kappa shape index (κ2) is 6.89. The molecule has 1 rings (SSSR count). The molecule has 0 fully saturated rings. The molecule has 0 aliphatic rings. The van der Waals surface area contributed by atoms with E-state index < -0.39 is 0 Å². The lowest BCUT2D eigenvalue weighted by Crippen LogP contribution is -2.24. The minimum atomic E-state index is 0.400. The zero-order valence-electron chi connectivity index (χ0n) is 10.1. The Morgan fingerprint density at radius 1 is 1.38 bits per heavy atom. The summed E-state index contributed by atoms with van der Waals surface area (Å²) in [6, 6.07) is 8.46. The van der Waals surface area contributed by atoms with Crippen molar-refractivity contribution in [3.63, 3.8) is 0 Å². The van der Waals surface area contributed by atoms with Crippen molar-refractivity contribution in [1.29, 1.82) is 0 Å². The number of benzene rings is 1. The Bertz CT molecular complexity index is 315. The Balaban J connectivity index is 2.52. The van der Waals surface area contributed by atoms with Crippen molar-refractivity contribution >= 4 is 11.6 Å². The zero-order valence-corrected chi connectivity index (χ0v) is 10.9. The Kier molecular flexibility index (Phi) is 5.81. The maximum Gasteiger partial charge on any atom is 0.0409 e. The van der Waals surface area contributed by atoms with Gasteiger partial charge in [0.2, 0.25) is 0 Å². The van der Waals surface area contributed by atoms with Crippen LogP contribution in [0.15, 0.2) is 24.3 Å². The number of hydrogen-bond acceptors (Lipinski definition) is 2. The van der Waals surface area contributed by atoms with Crippen LogP contribution < -0.4 is 5.73 Å². The van der Waals surface area contributed by atoms with E-state index in [0.29, 0.717) is 6.04 Å². The topological polar surface area (TPSA) is 29.3 Å². The van der Waals surface area contributed by atoms with Gasteiger partial charge in [0.05, 0.1) is 0 Å². The first-order valence-corrected chi connectivity index (χ1v) is 6.18. The van der Waals surface area contributed by atoms with Gasteiger partial charge >= 0.3 is 0 Å². The predicted molar refractivity (Wildman–Crippen MR) is 70.8 cm³/mol. The average Bonchev–Trinajstić information content (AvgIpc) is 2.28. The summed E-state index contributed by atoms with van der Waals surface area (Å²) in [5.74, 6) is 0. The van der Waals surface area contributed by atoms with E-state index in [1.54, 1.807) is 0 Å². The highest BCUT2D eigenvalue weighted by Crippen LogP contribution is 2.21. The van der Waals surface area contributed by atoms with Gasteiger partial charge in [-0.05, 0) is 57.6 Å². The summed E-state index contributed by atoms with van der Waals surface area (Å²) in [4.78, 5) is 2.33. The maximum absolute atomic E-state index is 5.99. The van der Waals surface area contributed by atoms with Crippen molar-refractivity contribution in [1.82, 2.24) is 4.90 Å². The van der Waals surface area contributed by atoms with Crippen molar-refractivity contribution < 1.29 is 0 Å². The fourth-order valence-corrected chi connectivity index (χ4v) is 1.92. The van der Waals surface area contributed by atoms with E-state index in [0.717, 1.165) is 31.0 Å². The van der Waals surface area contributed by atoms with Crippen molar-refractivity contribution in [2.75, 3.05) is 20.1 Å². The number of unbranched alkanes of at least 4 members (excludes halogenated alkanes) is 1. The normalized spacial score (nSPS) is 13.1. The van der Waals surface area contributed by atoms with Gasteiger partial charge in [-0.1, -0.05) is 23.7 Å². The van der Waals surface area contributed by atoms with Crippen LogP contribution in [0.25, 0.3) is 0 Å². The quantitative estimate of drug-likeness (QED) is 0.775. The molecule has 0 aromatic heterocycles.